The van der Waals surface area contributed by atoms with Gasteiger partial charge in [-0.15, -0.1) is 0 Å². The zero-order valence-corrected chi connectivity index (χ0v) is 35.8. The molecule has 300 valence electrons. The quantitative estimate of drug-likeness (QED) is 0.162. The van der Waals surface area contributed by atoms with Crippen LogP contribution in [-0.4, -0.2) is 0 Å². The maximum absolute atomic E-state index is 6.21. The summed E-state index contributed by atoms with van der Waals surface area (Å²) in [4.78, 5) is 0. The van der Waals surface area contributed by atoms with Gasteiger partial charge in [0, 0.05) is 21.7 Å². The van der Waals surface area contributed by atoms with Crippen molar-refractivity contribution < 1.29 is 8.83 Å². The van der Waals surface area contributed by atoms with E-state index in [1.165, 1.54) is 77.7 Å². The van der Waals surface area contributed by atoms with E-state index in [1.54, 1.807) is 0 Å². The molecule has 2 heteroatoms. The maximum atomic E-state index is 6.21. The molecule has 2 nitrogen and oxygen atoms in total. The first kappa shape index (κ1) is 37.8. The largest absolute Gasteiger partial charge is 0.456 e. The van der Waals surface area contributed by atoms with Crippen LogP contribution in [0.3, 0.4) is 0 Å². The number of benzene rings is 7. The van der Waals surface area contributed by atoms with E-state index < -0.39 is 0 Å². The Morgan fingerprint density at radius 2 is 1.24 bits per heavy atom. The highest BCUT2D eigenvalue weighted by Crippen LogP contribution is 2.63. The SMILES string of the molecule is C=C(/C=C(\CC)c1cccc2c1-c1ccccc1C21c2ccccc2-c2ccccc21)c1ccc2c(c1)oc1ccccc12.CC=C(C)c1ccc2c3c(oc2c1)C=CCC3C. The fraction of sp³-hybridized carbons (Fsp3) is 0.133. The highest BCUT2D eigenvalue weighted by molar-refractivity contribution is 6.06. The molecule has 7 aromatic carbocycles. The topological polar surface area (TPSA) is 26.3 Å². The average Bonchev–Trinajstić information content (AvgIpc) is 4.06. The van der Waals surface area contributed by atoms with Crippen LogP contribution in [0.2, 0.25) is 0 Å². The molecule has 2 aromatic heterocycles. The summed E-state index contributed by atoms with van der Waals surface area (Å²) in [6.45, 7) is 13.3. The van der Waals surface area contributed by atoms with E-state index in [9.17, 15) is 0 Å². The summed E-state index contributed by atoms with van der Waals surface area (Å²) in [5, 5.41) is 3.55. The van der Waals surface area contributed by atoms with E-state index in [-0.39, 0.29) is 5.41 Å². The minimum Gasteiger partial charge on any atom is -0.456 e. The highest BCUT2D eigenvalue weighted by atomic mass is 16.3. The summed E-state index contributed by atoms with van der Waals surface area (Å²) >= 11 is 0. The number of hydrogen-bond donors (Lipinski definition) is 0. The van der Waals surface area contributed by atoms with Gasteiger partial charge < -0.3 is 8.83 Å². The van der Waals surface area contributed by atoms with Crippen LogP contribution in [0.4, 0.5) is 0 Å². The molecule has 3 aliphatic rings. The van der Waals surface area contributed by atoms with Gasteiger partial charge in [-0.05, 0) is 141 Å². The standard InChI is InChI=1S/C43H30O.C17H18O/c1-3-28(25-27(2)29-23-24-34-33-15-7-11-22-40(33)44-41(34)26-29)30-17-12-21-39-42(30)35-16-6-10-20-38(35)43(39)36-18-8-4-13-31(36)32-14-5-9-19-37(32)43;1-4-11(2)13-8-9-14-16(10-13)18-15-7-5-6-12(3)17(14)15/h4-26H,2-3H2,1H3;4-5,7-10,12H,6H2,1-3H3/b28-25+;. The number of allylic oxidation sites excluding steroid dienone is 6. The lowest BCUT2D eigenvalue weighted by Crippen LogP contribution is -2.25. The van der Waals surface area contributed by atoms with Gasteiger partial charge in [0.25, 0.3) is 0 Å². The molecule has 1 atom stereocenters. The van der Waals surface area contributed by atoms with E-state index >= 15 is 0 Å². The van der Waals surface area contributed by atoms with Gasteiger partial charge in [-0.25, -0.2) is 0 Å². The number of fused-ring (bicyclic) bond motifs is 16. The van der Waals surface area contributed by atoms with Crippen molar-refractivity contribution in [2.45, 2.75) is 51.9 Å². The van der Waals surface area contributed by atoms with Crippen molar-refractivity contribution in [3.63, 3.8) is 0 Å². The summed E-state index contributed by atoms with van der Waals surface area (Å²) in [5.41, 5.74) is 21.8. The minimum atomic E-state index is -0.336. The molecule has 1 unspecified atom stereocenters. The van der Waals surface area contributed by atoms with Crippen LogP contribution in [0.1, 0.15) is 96.7 Å². The Balaban J connectivity index is 0.000000201. The first-order valence-corrected chi connectivity index (χ1v) is 22.0. The van der Waals surface area contributed by atoms with E-state index in [1.807, 2.05) is 12.1 Å². The molecular formula is C60H48O2. The van der Waals surface area contributed by atoms with Crippen LogP contribution < -0.4 is 0 Å². The van der Waals surface area contributed by atoms with Crippen molar-refractivity contribution in [3.05, 3.63) is 227 Å². The highest BCUT2D eigenvalue weighted by Gasteiger charge is 2.52. The third kappa shape index (κ3) is 5.63. The second-order valence-electron chi connectivity index (χ2n) is 17.1. The molecule has 62 heavy (non-hydrogen) atoms. The van der Waals surface area contributed by atoms with Crippen LogP contribution in [0, 0.1) is 0 Å². The van der Waals surface area contributed by atoms with Gasteiger partial charge in [0.15, 0.2) is 0 Å². The van der Waals surface area contributed by atoms with Crippen molar-refractivity contribution in [1.29, 1.82) is 0 Å². The predicted molar refractivity (Wildman–Crippen MR) is 261 cm³/mol. The molecule has 2 heterocycles. The number of hydrogen-bond acceptors (Lipinski definition) is 2. The Morgan fingerprint density at radius 1 is 0.645 bits per heavy atom. The zero-order chi connectivity index (χ0) is 42.1. The lowest BCUT2D eigenvalue weighted by Gasteiger charge is -2.30. The van der Waals surface area contributed by atoms with Gasteiger partial charge in [-0.3, -0.25) is 0 Å². The maximum Gasteiger partial charge on any atom is 0.136 e. The Labute approximate surface area is 363 Å². The first-order valence-electron chi connectivity index (χ1n) is 22.0. The van der Waals surface area contributed by atoms with E-state index in [2.05, 4.69) is 198 Å². The Kier molecular flexibility index (Phi) is 9.02. The molecule has 3 aliphatic carbocycles. The number of para-hydroxylation sites is 1. The van der Waals surface area contributed by atoms with Gasteiger partial charge in [-0.1, -0.05) is 166 Å². The van der Waals surface area contributed by atoms with Gasteiger partial charge in [-0.2, -0.15) is 0 Å². The van der Waals surface area contributed by atoms with Crippen LogP contribution >= 0.6 is 0 Å². The van der Waals surface area contributed by atoms with Gasteiger partial charge in [0.2, 0.25) is 0 Å². The van der Waals surface area contributed by atoms with Crippen LogP contribution in [0.15, 0.2) is 185 Å². The molecule has 0 N–H and O–H groups in total. The fourth-order valence-electron chi connectivity index (χ4n) is 10.7. The third-order valence-corrected chi connectivity index (χ3v) is 13.7. The summed E-state index contributed by atoms with van der Waals surface area (Å²) < 4.78 is 12.2. The number of furan rings is 2. The molecule has 1 spiro atoms. The third-order valence-electron chi connectivity index (χ3n) is 13.7. The summed E-state index contributed by atoms with van der Waals surface area (Å²) in [6.07, 6.45) is 10.7. The van der Waals surface area contributed by atoms with E-state index in [0.717, 1.165) is 57.3 Å². The van der Waals surface area contributed by atoms with E-state index in [4.69, 9.17) is 8.83 Å². The normalized spacial score (nSPS) is 15.6. The molecule has 0 saturated heterocycles. The van der Waals surface area contributed by atoms with Gasteiger partial charge in [0.1, 0.15) is 22.5 Å². The van der Waals surface area contributed by atoms with Crippen molar-refractivity contribution in [2.24, 2.45) is 0 Å². The first-order chi connectivity index (χ1) is 30.4. The zero-order valence-electron chi connectivity index (χ0n) is 35.8. The van der Waals surface area contributed by atoms with Crippen molar-refractivity contribution >= 4 is 55.7 Å². The molecule has 0 radical (unpaired) electrons. The average molecular weight is 801 g/mol. The Hall–Kier alpha value is -7.16. The number of rotatable bonds is 5. The second kappa shape index (κ2) is 14.8. The molecule has 0 amide bonds. The molecule has 0 fully saturated rings. The van der Waals surface area contributed by atoms with Crippen molar-refractivity contribution in [1.82, 2.24) is 0 Å². The molecule has 0 aliphatic heterocycles. The summed E-state index contributed by atoms with van der Waals surface area (Å²) in [7, 11) is 0. The van der Waals surface area contributed by atoms with Crippen molar-refractivity contribution in [2.75, 3.05) is 0 Å². The van der Waals surface area contributed by atoms with E-state index in [0.29, 0.717) is 5.92 Å². The van der Waals surface area contributed by atoms with Gasteiger partial charge in [0.05, 0.1) is 5.41 Å². The fourth-order valence-corrected chi connectivity index (χ4v) is 10.7. The molecule has 9 aromatic rings. The minimum absolute atomic E-state index is 0.336. The van der Waals surface area contributed by atoms with Gasteiger partial charge >= 0.3 is 0 Å². The Bertz CT molecular complexity index is 3330. The predicted octanol–water partition coefficient (Wildman–Crippen LogP) is 16.8. The van der Waals surface area contributed by atoms with Crippen LogP contribution in [0.25, 0.3) is 78.0 Å². The summed E-state index contributed by atoms with van der Waals surface area (Å²) in [6, 6.07) is 55.1. The summed E-state index contributed by atoms with van der Waals surface area (Å²) in [5.74, 6) is 1.60. The Morgan fingerprint density at radius 3 is 1.98 bits per heavy atom. The monoisotopic (exact) mass is 800 g/mol. The lowest BCUT2D eigenvalue weighted by molar-refractivity contribution is 0.586. The second-order valence-corrected chi connectivity index (χ2v) is 17.1. The van der Waals surface area contributed by atoms with Crippen molar-refractivity contribution in [3.8, 4) is 22.3 Å². The van der Waals surface area contributed by atoms with Crippen LogP contribution in [0.5, 0.6) is 0 Å². The molecule has 0 saturated carbocycles. The molecule has 12 rings (SSSR count). The van der Waals surface area contributed by atoms with Crippen LogP contribution in [-0.2, 0) is 5.41 Å². The smallest absolute Gasteiger partial charge is 0.136 e. The molecule has 0 bridgehead atoms. The lowest BCUT2D eigenvalue weighted by atomic mass is 9.70. The molecular weight excluding hydrogens is 753 g/mol.